The van der Waals surface area contributed by atoms with Crippen molar-refractivity contribution in [2.75, 3.05) is 5.32 Å². The highest BCUT2D eigenvalue weighted by Crippen LogP contribution is 2.21. The molecule has 2 heterocycles. The first-order chi connectivity index (χ1) is 12.2. The van der Waals surface area contributed by atoms with Gasteiger partial charge in [-0.3, -0.25) is 10.1 Å². The van der Waals surface area contributed by atoms with E-state index in [1.54, 1.807) is 16.6 Å². The molecule has 122 valence electrons. The predicted octanol–water partition coefficient (Wildman–Crippen LogP) is 3.35. The van der Waals surface area contributed by atoms with E-state index in [0.29, 0.717) is 11.3 Å². The zero-order chi connectivity index (χ0) is 17.2. The number of hydrogen-bond acceptors (Lipinski definition) is 4. The highest BCUT2D eigenvalue weighted by molar-refractivity contribution is 6.03. The number of rotatable bonds is 3. The average molecular weight is 329 g/mol. The number of aryl methyl sites for hydroxylation is 1. The molecule has 4 aromatic rings. The molecule has 0 aliphatic carbocycles. The molecule has 0 aliphatic heterocycles. The van der Waals surface area contributed by atoms with Crippen LogP contribution in [0.4, 0.5) is 5.95 Å². The van der Waals surface area contributed by atoms with Crippen LogP contribution in [0.3, 0.4) is 0 Å². The molecule has 0 saturated carbocycles. The minimum Gasteiger partial charge on any atom is -0.289 e. The Hall–Kier alpha value is -3.54. The van der Waals surface area contributed by atoms with Gasteiger partial charge in [0.15, 0.2) is 0 Å². The third-order valence-electron chi connectivity index (χ3n) is 3.77. The lowest BCUT2D eigenvalue weighted by atomic mass is 10.1. The van der Waals surface area contributed by atoms with Crippen molar-refractivity contribution in [2.45, 2.75) is 6.92 Å². The van der Waals surface area contributed by atoms with Crippen LogP contribution in [-0.4, -0.2) is 25.5 Å². The monoisotopic (exact) mass is 329 g/mol. The van der Waals surface area contributed by atoms with Gasteiger partial charge in [-0.15, -0.1) is 5.10 Å². The topological polar surface area (TPSA) is 72.2 Å². The maximum atomic E-state index is 12.3. The van der Waals surface area contributed by atoms with Crippen molar-refractivity contribution >= 4 is 17.6 Å². The number of amides is 1. The van der Waals surface area contributed by atoms with Gasteiger partial charge in [0.25, 0.3) is 17.6 Å². The van der Waals surface area contributed by atoms with E-state index in [2.05, 4.69) is 20.4 Å². The van der Waals surface area contributed by atoms with Gasteiger partial charge in [0.2, 0.25) is 0 Å². The summed E-state index contributed by atoms with van der Waals surface area (Å²) < 4.78 is 1.64. The third-order valence-corrected chi connectivity index (χ3v) is 3.77. The summed E-state index contributed by atoms with van der Waals surface area (Å²) >= 11 is 0. The van der Waals surface area contributed by atoms with Gasteiger partial charge in [-0.25, -0.2) is 4.98 Å². The molecule has 6 heteroatoms. The first-order valence-electron chi connectivity index (χ1n) is 7.87. The molecule has 25 heavy (non-hydrogen) atoms. The van der Waals surface area contributed by atoms with E-state index in [-0.39, 0.29) is 11.9 Å². The number of aromatic nitrogens is 4. The summed E-state index contributed by atoms with van der Waals surface area (Å²) in [6.07, 6.45) is 0. The van der Waals surface area contributed by atoms with Crippen molar-refractivity contribution in [2.24, 2.45) is 0 Å². The van der Waals surface area contributed by atoms with Crippen molar-refractivity contribution in [1.82, 2.24) is 19.6 Å². The Bertz CT molecular complexity index is 1040. The molecule has 0 fully saturated rings. The second kappa shape index (κ2) is 6.16. The highest BCUT2D eigenvalue weighted by atomic mass is 16.1. The van der Waals surface area contributed by atoms with Crippen LogP contribution in [0.2, 0.25) is 0 Å². The Labute approximate surface area is 144 Å². The minimum atomic E-state index is -0.255. The van der Waals surface area contributed by atoms with Gasteiger partial charge >= 0.3 is 0 Å². The maximum Gasteiger partial charge on any atom is 0.258 e. The molecule has 1 amide bonds. The van der Waals surface area contributed by atoms with Crippen molar-refractivity contribution in [3.05, 3.63) is 78.0 Å². The van der Waals surface area contributed by atoms with Crippen molar-refractivity contribution < 1.29 is 4.79 Å². The fourth-order valence-electron chi connectivity index (χ4n) is 2.62. The third kappa shape index (κ3) is 2.97. The quantitative estimate of drug-likeness (QED) is 0.625. The summed E-state index contributed by atoms with van der Waals surface area (Å²) in [6.45, 7) is 1.91. The Morgan fingerprint density at radius 1 is 0.960 bits per heavy atom. The number of carbonyl (C=O) groups excluding carboxylic acids is 1. The van der Waals surface area contributed by atoms with E-state index in [9.17, 15) is 4.79 Å². The van der Waals surface area contributed by atoms with Crippen LogP contribution in [-0.2, 0) is 0 Å². The molecule has 0 aliphatic rings. The van der Waals surface area contributed by atoms with Gasteiger partial charge in [-0.1, -0.05) is 48.5 Å². The lowest BCUT2D eigenvalue weighted by Crippen LogP contribution is -2.12. The van der Waals surface area contributed by atoms with Crippen LogP contribution in [0.5, 0.6) is 0 Å². The number of fused-ring (bicyclic) bond motifs is 1. The largest absolute Gasteiger partial charge is 0.289 e. The molecule has 4 rings (SSSR count). The SMILES string of the molecule is Cc1cc(-c2ccccc2)n2nc(NC(=O)c3ccccc3)nc2n1. The van der Waals surface area contributed by atoms with E-state index >= 15 is 0 Å². The maximum absolute atomic E-state index is 12.3. The molecule has 0 atom stereocenters. The second-order valence-electron chi connectivity index (χ2n) is 5.62. The van der Waals surface area contributed by atoms with Crippen molar-refractivity contribution in [3.63, 3.8) is 0 Å². The highest BCUT2D eigenvalue weighted by Gasteiger charge is 2.14. The molecule has 0 spiro atoms. The first kappa shape index (κ1) is 15.0. The molecule has 1 N–H and O–H groups in total. The standard InChI is InChI=1S/C19H15N5O/c1-13-12-16(14-8-4-2-5-9-14)24-19(20-13)22-18(23-24)21-17(25)15-10-6-3-7-11-15/h2-12H,1H3,(H,21,23,25). The summed E-state index contributed by atoms with van der Waals surface area (Å²) in [5.74, 6) is 0.417. The van der Waals surface area contributed by atoms with Crippen LogP contribution in [0, 0.1) is 6.92 Å². The minimum absolute atomic E-state index is 0.226. The van der Waals surface area contributed by atoms with E-state index in [1.165, 1.54) is 0 Å². The molecular formula is C19H15N5O. The van der Waals surface area contributed by atoms with Crippen LogP contribution in [0.25, 0.3) is 17.0 Å². The van der Waals surface area contributed by atoms with Crippen LogP contribution in [0.1, 0.15) is 16.1 Å². The van der Waals surface area contributed by atoms with Crippen LogP contribution < -0.4 is 5.32 Å². The first-order valence-corrected chi connectivity index (χ1v) is 7.87. The molecule has 0 unspecified atom stereocenters. The molecule has 6 nitrogen and oxygen atoms in total. The second-order valence-corrected chi connectivity index (χ2v) is 5.62. The van der Waals surface area contributed by atoms with E-state index < -0.39 is 0 Å². The molecule has 0 radical (unpaired) electrons. The molecule has 2 aromatic carbocycles. The van der Waals surface area contributed by atoms with Gasteiger partial charge in [0, 0.05) is 16.8 Å². The summed E-state index contributed by atoms with van der Waals surface area (Å²) in [5.41, 5.74) is 3.26. The molecule has 0 saturated heterocycles. The van der Waals surface area contributed by atoms with Gasteiger partial charge in [-0.05, 0) is 25.1 Å². The zero-order valence-corrected chi connectivity index (χ0v) is 13.5. The molecule has 2 aromatic heterocycles. The number of benzene rings is 2. The lowest BCUT2D eigenvalue weighted by Gasteiger charge is -2.04. The van der Waals surface area contributed by atoms with E-state index in [1.807, 2.05) is 61.5 Å². The lowest BCUT2D eigenvalue weighted by molar-refractivity contribution is 0.102. The van der Waals surface area contributed by atoms with Crippen molar-refractivity contribution in [3.8, 4) is 11.3 Å². The summed E-state index contributed by atoms with van der Waals surface area (Å²) in [7, 11) is 0. The van der Waals surface area contributed by atoms with Gasteiger partial charge in [0.05, 0.1) is 5.69 Å². The average Bonchev–Trinajstić information content (AvgIpc) is 3.04. The fraction of sp³-hybridized carbons (Fsp3) is 0.0526. The van der Waals surface area contributed by atoms with Crippen LogP contribution >= 0.6 is 0 Å². The number of nitrogens with one attached hydrogen (secondary N) is 1. The zero-order valence-electron chi connectivity index (χ0n) is 13.5. The van der Waals surface area contributed by atoms with Crippen LogP contribution in [0.15, 0.2) is 66.7 Å². The Kier molecular flexibility index (Phi) is 3.70. The van der Waals surface area contributed by atoms with E-state index in [4.69, 9.17) is 0 Å². The van der Waals surface area contributed by atoms with Crippen molar-refractivity contribution in [1.29, 1.82) is 0 Å². The number of carbonyl (C=O) groups is 1. The molecular weight excluding hydrogens is 314 g/mol. The predicted molar refractivity (Wildman–Crippen MR) is 95.4 cm³/mol. The Morgan fingerprint density at radius 3 is 2.36 bits per heavy atom. The summed E-state index contributed by atoms with van der Waals surface area (Å²) in [4.78, 5) is 21.0. The summed E-state index contributed by atoms with van der Waals surface area (Å²) in [6, 6.07) is 20.8. The van der Waals surface area contributed by atoms with Gasteiger partial charge < -0.3 is 0 Å². The smallest absolute Gasteiger partial charge is 0.258 e. The van der Waals surface area contributed by atoms with Gasteiger partial charge in [-0.2, -0.15) is 9.50 Å². The fourth-order valence-corrected chi connectivity index (χ4v) is 2.62. The Balaban J connectivity index is 1.74. The Morgan fingerprint density at radius 2 is 1.64 bits per heavy atom. The van der Waals surface area contributed by atoms with Gasteiger partial charge in [0.1, 0.15) is 0 Å². The number of anilines is 1. The molecule has 0 bridgehead atoms. The number of nitrogens with zero attached hydrogens (tertiary/aromatic N) is 4. The summed E-state index contributed by atoms with van der Waals surface area (Å²) in [5, 5.41) is 7.13. The van der Waals surface area contributed by atoms with E-state index in [0.717, 1.165) is 17.0 Å². The normalized spacial score (nSPS) is 10.8. The number of hydrogen-bond donors (Lipinski definition) is 1.